The van der Waals surface area contributed by atoms with E-state index in [0.29, 0.717) is 0 Å². The SMILES string of the molecule is CCOC(=O)Cc1ccc(C#N)c(CBr)c1C(F)F. The molecule has 1 aromatic carbocycles. The summed E-state index contributed by atoms with van der Waals surface area (Å²) in [7, 11) is 0. The van der Waals surface area contributed by atoms with E-state index < -0.39 is 12.4 Å². The first-order valence-corrected chi connectivity index (χ1v) is 6.71. The highest BCUT2D eigenvalue weighted by Gasteiger charge is 2.22. The number of esters is 1. The minimum absolute atomic E-state index is 0.131. The number of nitrogens with zero attached hydrogens (tertiary/aromatic N) is 1. The molecule has 0 atom stereocenters. The summed E-state index contributed by atoms with van der Waals surface area (Å²) in [5.41, 5.74) is 0.338. The molecule has 0 aliphatic rings. The number of hydrogen-bond acceptors (Lipinski definition) is 3. The Morgan fingerprint density at radius 1 is 1.53 bits per heavy atom. The van der Waals surface area contributed by atoms with Gasteiger partial charge in [-0.25, -0.2) is 8.78 Å². The van der Waals surface area contributed by atoms with Crippen LogP contribution in [0.3, 0.4) is 0 Å². The maximum absolute atomic E-state index is 13.1. The van der Waals surface area contributed by atoms with Crippen LogP contribution in [0.15, 0.2) is 12.1 Å². The van der Waals surface area contributed by atoms with Crippen molar-refractivity contribution in [2.45, 2.75) is 25.1 Å². The van der Waals surface area contributed by atoms with E-state index >= 15 is 0 Å². The molecule has 0 unspecified atom stereocenters. The van der Waals surface area contributed by atoms with Crippen molar-refractivity contribution in [2.24, 2.45) is 0 Å². The van der Waals surface area contributed by atoms with Gasteiger partial charge in [-0.05, 0) is 24.1 Å². The van der Waals surface area contributed by atoms with E-state index in [4.69, 9.17) is 10.00 Å². The Hall–Kier alpha value is -1.48. The van der Waals surface area contributed by atoms with Crippen LogP contribution in [0.25, 0.3) is 0 Å². The van der Waals surface area contributed by atoms with Crippen LogP contribution in [0.1, 0.15) is 35.6 Å². The third kappa shape index (κ3) is 3.74. The molecule has 6 heteroatoms. The number of ether oxygens (including phenoxy) is 1. The van der Waals surface area contributed by atoms with Crippen LogP contribution in [0, 0.1) is 11.3 Å². The summed E-state index contributed by atoms with van der Waals surface area (Å²) < 4.78 is 31.0. The van der Waals surface area contributed by atoms with Gasteiger partial charge in [0, 0.05) is 10.9 Å². The van der Waals surface area contributed by atoms with Gasteiger partial charge in [0.1, 0.15) is 0 Å². The van der Waals surface area contributed by atoms with Crippen LogP contribution in [-0.4, -0.2) is 12.6 Å². The van der Waals surface area contributed by atoms with Crippen LogP contribution in [0.4, 0.5) is 8.78 Å². The Morgan fingerprint density at radius 3 is 2.68 bits per heavy atom. The molecule has 1 rings (SSSR count). The number of rotatable bonds is 5. The molecule has 19 heavy (non-hydrogen) atoms. The zero-order valence-electron chi connectivity index (χ0n) is 10.3. The van der Waals surface area contributed by atoms with Gasteiger partial charge in [0.25, 0.3) is 6.43 Å². The van der Waals surface area contributed by atoms with Gasteiger partial charge in [0.05, 0.1) is 24.7 Å². The van der Waals surface area contributed by atoms with Gasteiger partial charge in [-0.3, -0.25) is 4.79 Å². The van der Waals surface area contributed by atoms with Crippen molar-refractivity contribution in [1.82, 2.24) is 0 Å². The molecule has 0 aromatic heterocycles. The molecule has 0 saturated carbocycles. The van der Waals surface area contributed by atoms with Gasteiger partial charge in [-0.1, -0.05) is 22.0 Å². The van der Waals surface area contributed by atoms with Crippen molar-refractivity contribution in [3.05, 3.63) is 34.4 Å². The van der Waals surface area contributed by atoms with E-state index in [2.05, 4.69) is 15.9 Å². The molecular formula is C13H12BrF2NO2. The number of alkyl halides is 3. The molecule has 102 valence electrons. The molecule has 0 bridgehead atoms. The van der Waals surface area contributed by atoms with E-state index in [-0.39, 0.29) is 40.6 Å². The highest BCUT2D eigenvalue weighted by Crippen LogP contribution is 2.31. The zero-order valence-corrected chi connectivity index (χ0v) is 11.8. The lowest BCUT2D eigenvalue weighted by Crippen LogP contribution is -2.11. The molecule has 0 saturated heterocycles. The molecule has 0 aliphatic heterocycles. The molecule has 0 fully saturated rings. The summed E-state index contributed by atoms with van der Waals surface area (Å²) in [4.78, 5) is 11.4. The van der Waals surface area contributed by atoms with Crippen LogP contribution in [-0.2, 0) is 21.3 Å². The number of carbonyl (C=O) groups is 1. The van der Waals surface area contributed by atoms with E-state index in [1.807, 2.05) is 6.07 Å². The van der Waals surface area contributed by atoms with Gasteiger partial charge in [0.2, 0.25) is 0 Å². The van der Waals surface area contributed by atoms with Crippen molar-refractivity contribution in [3.8, 4) is 6.07 Å². The highest BCUT2D eigenvalue weighted by molar-refractivity contribution is 9.08. The van der Waals surface area contributed by atoms with Gasteiger partial charge in [-0.15, -0.1) is 0 Å². The van der Waals surface area contributed by atoms with Crippen LogP contribution < -0.4 is 0 Å². The van der Waals surface area contributed by atoms with Crippen molar-refractivity contribution in [2.75, 3.05) is 6.61 Å². The Morgan fingerprint density at radius 2 is 2.21 bits per heavy atom. The zero-order chi connectivity index (χ0) is 14.4. The Kier molecular flexibility index (Phi) is 5.90. The third-order valence-corrected chi connectivity index (χ3v) is 3.12. The van der Waals surface area contributed by atoms with Gasteiger partial charge >= 0.3 is 5.97 Å². The fourth-order valence-corrected chi connectivity index (χ4v) is 2.36. The van der Waals surface area contributed by atoms with Gasteiger partial charge < -0.3 is 4.74 Å². The number of hydrogen-bond donors (Lipinski definition) is 0. The Bertz CT molecular complexity index is 512. The highest BCUT2D eigenvalue weighted by atomic mass is 79.9. The van der Waals surface area contributed by atoms with Gasteiger partial charge in [-0.2, -0.15) is 5.26 Å². The first kappa shape index (κ1) is 15.6. The van der Waals surface area contributed by atoms with Crippen molar-refractivity contribution < 1.29 is 18.3 Å². The maximum atomic E-state index is 13.1. The summed E-state index contributed by atoms with van der Waals surface area (Å²) in [6.45, 7) is 1.85. The molecule has 0 aliphatic carbocycles. The number of nitriles is 1. The molecule has 1 aromatic rings. The second kappa shape index (κ2) is 7.19. The lowest BCUT2D eigenvalue weighted by atomic mass is 9.96. The average molecular weight is 332 g/mol. The lowest BCUT2D eigenvalue weighted by molar-refractivity contribution is -0.142. The maximum Gasteiger partial charge on any atom is 0.310 e. The summed E-state index contributed by atoms with van der Waals surface area (Å²) in [6.07, 6.45) is -2.97. The molecule has 0 N–H and O–H groups in total. The molecule has 0 heterocycles. The largest absolute Gasteiger partial charge is 0.466 e. The van der Waals surface area contributed by atoms with E-state index in [1.165, 1.54) is 12.1 Å². The third-order valence-electron chi connectivity index (χ3n) is 2.56. The second-order valence-corrected chi connectivity index (χ2v) is 4.25. The predicted molar refractivity (Wildman–Crippen MR) is 69.1 cm³/mol. The van der Waals surface area contributed by atoms with Crippen LogP contribution in [0.5, 0.6) is 0 Å². The fraction of sp³-hybridized carbons (Fsp3) is 0.385. The monoisotopic (exact) mass is 331 g/mol. The van der Waals surface area contributed by atoms with E-state index in [9.17, 15) is 13.6 Å². The molecule has 3 nitrogen and oxygen atoms in total. The quantitative estimate of drug-likeness (QED) is 0.613. The normalized spacial score (nSPS) is 10.3. The second-order valence-electron chi connectivity index (χ2n) is 3.69. The van der Waals surface area contributed by atoms with Crippen LogP contribution >= 0.6 is 15.9 Å². The minimum Gasteiger partial charge on any atom is -0.466 e. The summed E-state index contributed by atoms with van der Waals surface area (Å²) in [6, 6.07) is 4.69. The van der Waals surface area contributed by atoms with E-state index in [0.717, 1.165) is 0 Å². The molecular weight excluding hydrogens is 320 g/mol. The lowest BCUT2D eigenvalue weighted by Gasteiger charge is -2.14. The fourth-order valence-electron chi connectivity index (χ4n) is 1.76. The smallest absolute Gasteiger partial charge is 0.310 e. The van der Waals surface area contributed by atoms with Crippen molar-refractivity contribution in [3.63, 3.8) is 0 Å². The average Bonchev–Trinajstić information content (AvgIpc) is 2.37. The first-order valence-electron chi connectivity index (χ1n) is 5.59. The topological polar surface area (TPSA) is 50.1 Å². The predicted octanol–water partition coefficient (Wildman–Crippen LogP) is 3.50. The van der Waals surface area contributed by atoms with E-state index in [1.54, 1.807) is 6.92 Å². The Labute approximate surface area is 118 Å². The van der Waals surface area contributed by atoms with Gasteiger partial charge in [0.15, 0.2) is 0 Å². The summed E-state index contributed by atoms with van der Waals surface area (Å²) >= 11 is 3.10. The number of carbonyl (C=O) groups excluding carboxylic acids is 1. The van der Waals surface area contributed by atoms with Crippen molar-refractivity contribution in [1.29, 1.82) is 5.26 Å². The first-order chi connectivity index (χ1) is 9.04. The minimum atomic E-state index is -2.75. The summed E-state index contributed by atoms with van der Waals surface area (Å²) in [5, 5.41) is 9.04. The Balaban J connectivity index is 3.25. The van der Waals surface area contributed by atoms with Crippen molar-refractivity contribution >= 4 is 21.9 Å². The van der Waals surface area contributed by atoms with Crippen LogP contribution in [0.2, 0.25) is 0 Å². The molecule has 0 amide bonds. The number of benzene rings is 1. The summed E-state index contributed by atoms with van der Waals surface area (Å²) in [5.74, 6) is -0.561. The molecule has 0 spiro atoms. The molecule has 0 radical (unpaired) electrons. The number of halogens is 3. The standard InChI is InChI=1S/C13H12BrF2NO2/c1-2-19-11(18)5-8-3-4-9(7-17)10(6-14)12(8)13(15)16/h3-4,13H,2,5-6H2,1H3.